The first-order valence-electron chi connectivity index (χ1n) is 5.77. The van der Waals surface area contributed by atoms with E-state index in [4.69, 9.17) is 5.73 Å². The molecule has 0 aliphatic heterocycles. The van der Waals surface area contributed by atoms with Crippen molar-refractivity contribution in [2.75, 3.05) is 19.4 Å². The monoisotopic (exact) mass is 286 g/mol. The number of benzene rings is 1. The number of hydrogen-bond acceptors (Lipinski definition) is 5. The van der Waals surface area contributed by atoms with Crippen molar-refractivity contribution < 1.29 is 17.9 Å². The fraction of sp³-hybridized carbons (Fsp3) is 0.417. The van der Waals surface area contributed by atoms with Gasteiger partial charge in [-0.1, -0.05) is 12.1 Å². The lowest BCUT2D eigenvalue weighted by Crippen LogP contribution is -2.39. The van der Waals surface area contributed by atoms with Crippen molar-refractivity contribution in [3.05, 3.63) is 29.8 Å². The van der Waals surface area contributed by atoms with E-state index >= 15 is 0 Å². The molecule has 1 rings (SSSR count). The highest BCUT2D eigenvalue weighted by Gasteiger charge is 2.28. The van der Waals surface area contributed by atoms with Crippen molar-refractivity contribution >= 4 is 21.7 Å². The zero-order valence-electron chi connectivity index (χ0n) is 10.9. The molecule has 1 atom stereocenters. The number of anilines is 1. The van der Waals surface area contributed by atoms with Crippen molar-refractivity contribution in [2.24, 2.45) is 0 Å². The zero-order valence-corrected chi connectivity index (χ0v) is 11.7. The molecule has 0 spiro atoms. The van der Waals surface area contributed by atoms with Crippen molar-refractivity contribution in [3.8, 4) is 0 Å². The van der Waals surface area contributed by atoms with Gasteiger partial charge in [-0.2, -0.15) is 0 Å². The molecular formula is C12H18N2O4S. The minimum absolute atomic E-state index is 0.216. The first kappa shape index (κ1) is 15.5. The van der Waals surface area contributed by atoms with E-state index in [1.807, 2.05) is 12.1 Å². The number of nitrogens with one attached hydrogen (secondary N) is 1. The number of carbonyl (C=O) groups is 1. The van der Waals surface area contributed by atoms with Gasteiger partial charge in [0.2, 0.25) is 10.0 Å². The molecule has 0 amide bonds. The van der Waals surface area contributed by atoms with E-state index in [0.29, 0.717) is 12.1 Å². The summed E-state index contributed by atoms with van der Waals surface area (Å²) in [5, 5.41) is -1.22. The summed E-state index contributed by atoms with van der Waals surface area (Å²) < 4.78 is 30.3. The molecule has 0 fully saturated rings. The predicted octanol–water partition coefficient (Wildman–Crippen LogP) is 0.292. The molecule has 0 bridgehead atoms. The van der Waals surface area contributed by atoms with Crippen LogP contribution in [-0.2, 0) is 26.0 Å². The van der Waals surface area contributed by atoms with Crippen molar-refractivity contribution in [1.29, 1.82) is 0 Å². The molecule has 0 saturated carbocycles. The highest BCUT2D eigenvalue weighted by atomic mass is 32.2. The van der Waals surface area contributed by atoms with Crippen LogP contribution in [0.3, 0.4) is 0 Å². The van der Waals surface area contributed by atoms with Gasteiger partial charge in [-0.3, -0.25) is 4.79 Å². The third-order valence-corrected chi connectivity index (χ3v) is 4.43. The van der Waals surface area contributed by atoms with E-state index in [2.05, 4.69) is 9.46 Å². The second-order valence-corrected chi connectivity index (χ2v) is 6.18. The number of carbonyl (C=O) groups excluding carboxylic acids is 1. The van der Waals surface area contributed by atoms with E-state index < -0.39 is 21.2 Å². The molecule has 7 heteroatoms. The number of methoxy groups -OCH3 is 1. The summed E-state index contributed by atoms with van der Waals surface area (Å²) in [6, 6.07) is 7.16. The van der Waals surface area contributed by atoms with Gasteiger partial charge in [0.05, 0.1) is 7.11 Å². The predicted molar refractivity (Wildman–Crippen MR) is 73.0 cm³/mol. The maximum Gasteiger partial charge on any atom is 0.325 e. The Balaban J connectivity index is 2.52. The van der Waals surface area contributed by atoms with Crippen LogP contribution >= 0.6 is 0 Å². The van der Waals surface area contributed by atoms with Gasteiger partial charge >= 0.3 is 5.97 Å². The maximum atomic E-state index is 11.7. The van der Waals surface area contributed by atoms with Gasteiger partial charge in [-0.25, -0.2) is 13.1 Å². The Kier molecular flexibility index (Phi) is 5.31. The van der Waals surface area contributed by atoms with Gasteiger partial charge in [0.15, 0.2) is 5.25 Å². The van der Waals surface area contributed by atoms with Crippen LogP contribution in [0, 0.1) is 0 Å². The largest absolute Gasteiger partial charge is 0.468 e. The van der Waals surface area contributed by atoms with Crippen LogP contribution in [0.4, 0.5) is 5.69 Å². The third kappa shape index (κ3) is 4.53. The number of esters is 1. The number of rotatable bonds is 6. The van der Waals surface area contributed by atoms with Crippen LogP contribution in [0.15, 0.2) is 24.3 Å². The molecule has 106 valence electrons. The van der Waals surface area contributed by atoms with Crippen LogP contribution in [-0.4, -0.2) is 33.3 Å². The molecule has 3 N–H and O–H groups in total. The Morgan fingerprint density at radius 2 is 1.95 bits per heavy atom. The fourth-order valence-corrected chi connectivity index (χ4v) is 2.43. The van der Waals surface area contributed by atoms with E-state index in [1.54, 1.807) is 12.1 Å². The van der Waals surface area contributed by atoms with Gasteiger partial charge < -0.3 is 10.5 Å². The van der Waals surface area contributed by atoms with E-state index in [9.17, 15) is 13.2 Å². The normalized spacial score (nSPS) is 12.9. The lowest BCUT2D eigenvalue weighted by molar-refractivity contribution is -0.139. The highest BCUT2D eigenvalue weighted by molar-refractivity contribution is 7.90. The van der Waals surface area contributed by atoms with Crippen LogP contribution < -0.4 is 10.5 Å². The molecule has 1 unspecified atom stereocenters. The molecule has 1 aromatic rings. The fourth-order valence-electron chi connectivity index (χ4n) is 1.44. The number of nitrogen functional groups attached to an aromatic ring is 1. The topological polar surface area (TPSA) is 98.5 Å². The molecule has 19 heavy (non-hydrogen) atoms. The third-order valence-electron chi connectivity index (χ3n) is 2.70. The van der Waals surface area contributed by atoms with Crippen molar-refractivity contribution in [3.63, 3.8) is 0 Å². The minimum Gasteiger partial charge on any atom is -0.468 e. The number of nitrogens with two attached hydrogens (primary N) is 1. The summed E-state index contributed by atoms with van der Waals surface area (Å²) in [6.07, 6.45) is 0.521. The van der Waals surface area contributed by atoms with Gasteiger partial charge in [0.25, 0.3) is 0 Å². The Bertz CT molecular complexity index is 525. The molecule has 0 radical (unpaired) electrons. The second kappa shape index (κ2) is 6.53. The average Bonchev–Trinajstić information content (AvgIpc) is 2.39. The first-order chi connectivity index (χ1) is 8.86. The van der Waals surface area contributed by atoms with Crippen LogP contribution in [0.1, 0.15) is 12.5 Å². The highest BCUT2D eigenvalue weighted by Crippen LogP contribution is 2.06. The Hall–Kier alpha value is -1.60. The summed E-state index contributed by atoms with van der Waals surface area (Å²) in [7, 11) is -2.54. The van der Waals surface area contributed by atoms with Gasteiger partial charge in [0, 0.05) is 12.2 Å². The number of sulfonamides is 1. The van der Waals surface area contributed by atoms with Crippen molar-refractivity contribution in [1.82, 2.24) is 4.72 Å². The lowest BCUT2D eigenvalue weighted by Gasteiger charge is -2.11. The maximum absolute atomic E-state index is 11.7. The number of hydrogen-bond donors (Lipinski definition) is 2. The van der Waals surface area contributed by atoms with Crippen LogP contribution in [0.25, 0.3) is 0 Å². The summed E-state index contributed by atoms with van der Waals surface area (Å²) in [5.41, 5.74) is 7.17. The molecular weight excluding hydrogens is 268 g/mol. The molecule has 1 aromatic carbocycles. The van der Waals surface area contributed by atoms with Gasteiger partial charge in [0.1, 0.15) is 0 Å². The Morgan fingerprint density at radius 1 is 1.37 bits per heavy atom. The smallest absolute Gasteiger partial charge is 0.325 e. The molecule has 0 aliphatic carbocycles. The number of ether oxygens (including phenoxy) is 1. The summed E-state index contributed by atoms with van der Waals surface area (Å²) >= 11 is 0. The first-order valence-corrected chi connectivity index (χ1v) is 7.32. The Labute approximate surface area is 113 Å². The van der Waals surface area contributed by atoms with Gasteiger partial charge in [-0.05, 0) is 31.0 Å². The van der Waals surface area contributed by atoms with Gasteiger partial charge in [-0.15, -0.1) is 0 Å². The quantitative estimate of drug-likeness (QED) is 0.578. The molecule has 0 saturated heterocycles. The standard InChI is InChI=1S/C12H18N2O4S/c1-9(12(15)18-2)19(16,17)14-8-7-10-3-5-11(13)6-4-10/h3-6,9,14H,7-8,13H2,1-2H3. The van der Waals surface area contributed by atoms with Crippen molar-refractivity contribution in [2.45, 2.75) is 18.6 Å². The lowest BCUT2D eigenvalue weighted by atomic mass is 10.1. The Morgan fingerprint density at radius 3 is 2.47 bits per heavy atom. The van der Waals surface area contributed by atoms with E-state index in [0.717, 1.165) is 12.7 Å². The molecule has 6 nitrogen and oxygen atoms in total. The van der Waals surface area contributed by atoms with Crippen LogP contribution in [0.2, 0.25) is 0 Å². The summed E-state index contributed by atoms with van der Waals surface area (Å²) in [5.74, 6) is -0.778. The minimum atomic E-state index is -3.70. The van der Waals surface area contributed by atoms with E-state index in [1.165, 1.54) is 6.92 Å². The summed E-state index contributed by atoms with van der Waals surface area (Å²) in [4.78, 5) is 11.2. The molecule has 0 aromatic heterocycles. The van der Waals surface area contributed by atoms with E-state index in [-0.39, 0.29) is 6.54 Å². The SMILES string of the molecule is COC(=O)C(C)S(=O)(=O)NCCc1ccc(N)cc1. The second-order valence-electron chi connectivity index (χ2n) is 4.10. The zero-order chi connectivity index (χ0) is 14.5. The average molecular weight is 286 g/mol. The van der Waals surface area contributed by atoms with Crippen LogP contribution in [0.5, 0.6) is 0 Å². The molecule has 0 aliphatic rings. The summed E-state index contributed by atoms with van der Waals surface area (Å²) in [6.45, 7) is 1.50. The molecule has 0 heterocycles.